The molecule has 0 fully saturated rings. The van der Waals surface area contributed by atoms with Gasteiger partial charge in [0, 0.05) is 22.3 Å². The van der Waals surface area contributed by atoms with Crippen molar-refractivity contribution in [2.75, 3.05) is 0 Å². The monoisotopic (exact) mass is 1510 g/mol. The fraction of sp³-hybridized carbons (Fsp3) is 0.0833. The van der Waals surface area contributed by atoms with Crippen LogP contribution in [0.4, 0.5) is 52.7 Å². The molecule has 24 heteroatoms. The number of aromatic nitrogens is 4. The number of nitrogens with zero attached hydrogens (tertiary/aromatic N) is 2. The number of halogens is 20. The molecule has 5 heterocycles. The number of rotatable bonds is 4. The van der Waals surface area contributed by atoms with E-state index in [0.29, 0.717) is 0 Å². The first-order valence-corrected chi connectivity index (χ1v) is 26.3. The summed E-state index contributed by atoms with van der Waals surface area (Å²) in [4.78, 5) is 16.9. The highest BCUT2D eigenvalue weighted by Crippen LogP contribution is 2.54. The minimum atomic E-state index is -4.73. The van der Waals surface area contributed by atoms with E-state index in [9.17, 15) is 52.7 Å². The summed E-state index contributed by atoms with van der Waals surface area (Å²) < 4.78 is 170. The minimum Gasteiger partial charge on any atom is -0.352 e. The fourth-order valence-corrected chi connectivity index (χ4v) is 11.9. The first-order chi connectivity index (χ1) is 33.6. The van der Waals surface area contributed by atoms with Crippen molar-refractivity contribution < 1.29 is 52.7 Å². The van der Waals surface area contributed by atoms with E-state index in [4.69, 9.17) is 9.97 Å². The van der Waals surface area contributed by atoms with Crippen LogP contribution in [0.15, 0.2) is 115 Å². The Morgan fingerprint density at radius 2 is 0.444 bits per heavy atom. The topological polar surface area (TPSA) is 57.4 Å². The van der Waals surface area contributed by atoms with Crippen LogP contribution in [-0.4, -0.2) is 19.9 Å². The minimum absolute atomic E-state index is 0.0850. The van der Waals surface area contributed by atoms with Gasteiger partial charge in [0.1, 0.15) is 0 Å². The molecule has 0 spiro atoms. The first-order valence-electron chi connectivity index (χ1n) is 20.0. The smallest absolute Gasteiger partial charge is 0.352 e. The second kappa shape index (κ2) is 19.2. The molecule has 0 saturated heterocycles. The summed E-state index contributed by atoms with van der Waals surface area (Å²) in [5, 5.41) is 0. The van der Waals surface area contributed by atoms with Gasteiger partial charge in [-0.3, -0.25) is 0 Å². The van der Waals surface area contributed by atoms with Crippen molar-refractivity contribution >= 4 is 167 Å². The Balaban J connectivity index is 1.57. The molecule has 2 aliphatic rings. The van der Waals surface area contributed by atoms with Crippen LogP contribution in [0.2, 0.25) is 0 Å². The summed E-state index contributed by atoms with van der Waals surface area (Å²) in [5.74, 6) is 0. The van der Waals surface area contributed by atoms with Crippen molar-refractivity contribution in [3.63, 3.8) is 0 Å². The molecule has 4 nitrogen and oxygen atoms in total. The maximum atomic E-state index is 14.0. The normalized spacial score (nSPS) is 13.7. The number of benzene rings is 4. The van der Waals surface area contributed by atoms with Crippen LogP contribution in [0.3, 0.4) is 0 Å². The van der Waals surface area contributed by atoms with Gasteiger partial charge in [0.25, 0.3) is 0 Å². The van der Waals surface area contributed by atoms with Crippen LogP contribution in [0, 0.1) is 0 Å². The zero-order chi connectivity index (χ0) is 52.3. The molecule has 8 bridgehead atoms. The Bertz CT molecular complexity index is 3160. The molecule has 0 amide bonds. The Kier molecular flexibility index (Phi) is 14.3. The van der Waals surface area contributed by atoms with Gasteiger partial charge in [0.05, 0.1) is 103 Å². The molecule has 0 radical (unpaired) electrons. The van der Waals surface area contributed by atoms with E-state index >= 15 is 0 Å². The van der Waals surface area contributed by atoms with Gasteiger partial charge in [-0.2, -0.15) is 52.7 Å². The van der Waals surface area contributed by atoms with E-state index in [0.717, 1.165) is 48.5 Å². The molecule has 0 aliphatic carbocycles. The third kappa shape index (κ3) is 9.58. The Morgan fingerprint density at radius 3 is 0.597 bits per heavy atom. The van der Waals surface area contributed by atoms with Crippen LogP contribution in [0.1, 0.15) is 45.0 Å². The molecule has 2 aliphatic heterocycles. The van der Waals surface area contributed by atoms with Crippen molar-refractivity contribution in [1.82, 2.24) is 19.9 Å². The number of hydrogen-bond acceptors (Lipinski definition) is 2. The third-order valence-corrected chi connectivity index (χ3v) is 19.8. The van der Waals surface area contributed by atoms with E-state index in [-0.39, 0.29) is 125 Å². The highest BCUT2D eigenvalue weighted by Gasteiger charge is 2.36. The molecular weight excluding hydrogens is 1500 g/mol. The standard InChI is InChI=1S/C48H18Br8F12N4/c49-29-31(51)39-26(18-3-11-22(12-4-18)46(60,61)62)41-33(53)35(55)43(71-41)28(20-7-15-24(16-8-20)48(66,67)68)44-36(56)34(54)42(72-44)27(19-5-13-23(14-6-19)47(63,64)65)40-32(52)30(50)38(70-40)25(37(29)69-39)17-1-9-21(10-2-17)45(57,58)59/h1-16,69,72H. The molecule has 3 aromatic heterocycles. The van der Waals surface area contributed by atoms with Gasteiger partial charge in [0.2, 0.25) is 0 Å². The van der Waals surface area contributed by atoms with E-state index < -0.39 is 47.0 Å². The van der Waals surface area contributed by atoms with E-state index in [1.54, 1.807) is 0 Å². The van der Waals surface area contributed by atoms with Crippen molar-refractivity contribution in [2.24, 2.45) is 0 Å². The molecule has 9 rings (SSSR count). The lowest BCUT2D eigenvalue weighted by molar-refractivity contribution is -0.138. The SMILES string of the molecule is FC(F)(F)c1ccc(-c2c3nc(c(-c4ccc(C(F)(F)F)cc4)c4[nH]c(c(Br)c4Br)c(-c4ccc(C(F)(F)F)cc4)c4nc(c(-c5ccc(C(F)(F)F)cc5)c5[nH]c2c(Br)c5Br)C(Br)=C4Br)C(Br)=C3Br)cc1. The molecule has 4 aromatic carbocycles. The number of nitrogens with one attached hydrogen (secondary N) is 2. The van der Waals surface area contributed by atoms with Gasteiger partial charge in [-0.15, -0.1) is 0 Å². The van der Waals surface area contributed by atoms with E-state index in [1.807, 2.05) is 0 Å². The predicted molar refractivity (Wildman–Crippen MR) is 283 cm³/mol. The molecular formula is C48H18Br8F12N4. The van der Waals surface area contributed by atoms with E-state index in [1.165, 1.54) is 48.5 Å². The van der Waals surface area contributed by atoms with Gasteiger partial charge in [0.15, 0.2) is 0 Å². The molecule has 72 heavy (non-hydrogen) atoms. The van der Waals surface area contributed by atoms with Crippen LogP contribution in [0.5, 0.6) is 0 Å². The highest BCUT2D eigenvalue weighted by molar-refractivity contribution is 9.18. The Morgan fingerprint density at radius 1 is 0.278 bits per heavy atom. The van der Waals surface area contributed by atoms with Gasteiger partial charge in [-0.05, 0) is 198 Å². The third-order valence-electron chi connectivity index (χ3n) is 11.4. The number of fused-ring (bicyclic) bond motifs is 8. The van der Waals surface area contributed by atoms with Crippen molar-refractivity contribution in [3.05, 3.63) is 160 Å². The lowest BCUT2D eigenvalue weighted by atomic mass is 10.0. The molecule has 0 atom stereocenters. The van der Waals surface area contributed by atoms with Gasteiger partial charge in [-0.1, -0.05) is 48.5 Å². The van der Waals surface area contributed by atoms with Crippen molar-refractivity contribution in [2.45, 2.75) is 24.7 Å². The number of alkyl halides is 12. The first kappa shape index (κ1) is 53.3. The summed E-state index contributed by atoms with van der Waals surface area (Å²) >= 11 is 29.2. The summed E-state index contributed by atoms with van der Waals surface area (Å²) in [5.41, 5.74) is -1.52. The van der Waals surface area contributed by atoms with Crippen molar-refractivity contribution in [1.29, 1.82) is 0 Å². The zero-order valence-electron chi connectivity index (χ0n) is 34.7. The van der Waals surface area contributed by atoms with Gasteiger partial charge in [-0.25, -0.2) is 9.97 Å². The quantitative estimate of drug-likeness (QED) is 0.173. The molecule has 370 valence electrons. The molecule has 0 unspecified atom stereocenters. The largest absolute Gasteiger partial charge is 0.416 e. The van der Waals surface area contributed by atoms with Crippen LogP contribution in [0.25, 0.3) is 84.5 Å². The second-order valence-electron chi connectivity index (χ2n) is 15.7. The summed E-state index contributed by atoms with van der Waals surface area (Å²) in [7, 11) is 0. The highest BCUT2D eigenvalue weighted by atomic mass is 79.9. The lowest BCUT2D eigenvalue weighted by Gasteiger charge is -2.11. The Labute approximate surface area is 464 Å². The number of hydrogen-bond donors (Lipinski definition) is 2. The van der Waals surface area contributed by atoms with Crippen LogP contribution >= 0.6 is 127 Å². The summed E-state index contributed by atoms with van der Waals surface area (Å²) in [6.07, 6.45) is -18.9. The fourth-order valence-electron chi connectivity index (χ4n) is 8.00. The average Bonchev–Trinajstić information content (AvgIpc) is 3.97. The number of H-pyrrole nitrogens is 2. The maximum Gasteiger partial charge on any atom is 0.416 e. The van der Waals surface area contributed by atoms with Crippen molar-refractivity contribution in [3.8, 4) is 44.5 Å². The van der Waals surface area contributed by atoms with Crippen LogP contribution < -0.4 is 0 Å². The van der Waals surface area contributed by atoms with Gasteiger partial charge >= 0.3 is 24.7 Å². The van der Waals surface area contributed by atoms with E-state index in [2.05, 4.69) is 137 Å². The van der Waals surface area contributed by atoms with Gasteiger partial charge < -0.3 is 9.97 Å². The molecule has 0 saturated carbocycles. The zero-order valence-corrected chi connectivity index (χ0v) is 47.4. The average molecular weight is 1520 g/mol. The second-order valence-corrected chi connectivity index (χ2v) is 22.0. The summed E-state index contributed by atoms with van der Waals surface area (Å²) in [6.45, 7) is 0. The maximum absolute atomic E-state index is 14.0. The molecule has 2 N–H and O–H groups in total. The molecule has 7 aromatic rings. The Hall–Kier alpha value is -3.52. The number of aromatic amines is 2. The van der Waals surface area contributed by atoms with Crippen LogP contribution in [-0.2, 0) is 24.7 Å². The summed E-state index contributed by atoms with van der Waals surface area (Å²) in [6, 6.07) is 16.7. The predicted octanol–water partition coefficient (Wildman–Crippen LogP) is 21.3. The lowest BCUT2D eigenvalue weighted by Crippen LogP contribution is -2.04.